The zero-order chi connectivity index (χ0) is 21.2. The molecular weight excluding hydrogens is 382 g/mol. The first-order valence-electron chi connectivity index (χ1n) is 10.9. The van der Waals surface area contributed by atoms with E-state index in [1.54, 1.807) is 11.8 Å². The molecule has 7 heteroatoms. The summed E-state index contributed by atoms with van der Waals surface area (Å²) < 4.78 is 10.8. The fourth-order valence-electron chi connectivity index (χ4n) is 3.77. The molecule has 0 aliphatic carbocycles. The third-order valence-corrected chi connectivity index (χ3v) is 5.40. The van der Waals surface area contributed by atoms with Crippen LogP contribution >= 0.6 is 0 Å². The van der Waals surface area contributed by atoms with Crippen molar-refractivity contribution in [1.82, 2.24) is 15.1 Å². The molecule has 1 aromatic heterocycles. The van der Waals surface area contributed by atoms with Crippen LogP contribution in [-0.2, 0) is 33.6 Å². The SMILES string of the molecule is CCOC(=O)[C@H]1CCCN(C(=O)CCc2nnc(CCCCc3ccccc3)o2)C1. The van der Waals surface area contributed by atoms with Gasteiger partial charge in [0.1, 0.15) is 0 Å². The van der Waals surface area contributed by atoms with Gasteiger partial charge in [-0.05, 0) is 44.6 Å². The monoisotopic (exact) mass is 413 g/mol. The fourth-order valence-corrected chi connectivity index (χ4v) is 3.77. The molecule has 1 fully saturated rings. The summed E-state index contributed by atoms with van der Waals surface area (Å²) in [5, 5.41) is 8.18. The molecule has 7 nitrogen and oxygen atoms in total. The topological polar surface area (TPSA) is 85.5 Å². The summed E-state index contributed by atoms with van der Waals surface area (Å²) in [6.07, 6.45) is 6.18. The number of piperidine rings is 1. The summed E-state index contributed by atoms with van der Waals surface area (Å²) in [7, 11) is 0. The van der Waals surface area contributed by atoms with Gasteiger partial charge in [-0.25, -0.2) is 0 Å². The summed E-state index contributed by atoms with van der Waals surface area (Å²) in [5.41, 5.74) is 1.34. The molecule has 1 aliphatic rings. The highest BCUT2D eigenvalue weighted by molar-refractivity contribution is 5.78. The van der Waals surface area contributed by atoms with Crippen LogP contribution in [0.15, 0.2) is 34.7 Å². The van der Waals surface area contributed by atoms with Crippen LogP contribution < -0.4 is 0 Å². The highest BCUT2D eigenvalue weighted by Crippen LogP contribution is 2.19. The molecular formula is C23H31N3O4. The lowest BCUT2D eigenvalue weighted by Gasteiger charge is -2.31. The van der Waals surface area contributed by atoms with Crippen molar-refractivity contribution in [2.75, 3.05) is 19.7 Å². The first-order valence-corrected chi connectivity index (χ1v) is 10.9. The van der Waals surface area contributed by atoms with Gasteiger partial charge in [0.15, 0.2) is 0 Å². The number of benzene rings is 1. The number of nitrogens with zero attached hydrogens (tertiary/aromatic N) is 3. The van der Waals surface area contributed by atoms with Crippen LogP contribution in [0.3, 0.4) is 0 Å². The second kappa shape index (κ2) is 11.5. The maximum atomic E-state index is 12.5. The van der Waals surface area contributed by atoms with Gasteiger partial charge in [-0.15, -0.1) is 10.2 Å². The standard InChI is InChI=1S/C23H31N3O4/c1-2-29-23(28)19-12-8-16-26(17-19)22(27)15-14-21-25-24-20(30-21)13-7-6-11-18-9-4-3-5-10-18/h3-5,9-10,19H,2,6-8,11-17H2,1H3/t19-/m0/s1. The number of unbranched alkanes of at least 4 members (excludes halogenated alkanes) is 1. The van der Waals surface area contributed by atoms with Gasteiger partial charge in [0.2, 0.25) is 17.7 Å². The Morgan fingerprint density at radius 2 is 1.83 bits per heavy atom. The molecule has 3 rings (SSSR count). The molecule has 162 valence electrons. The summed E-state index contributed by atoms with van der Waals surface area (Å²) in [6.45, 7) is 3.29. The van der Waals surface area contributed by atoms with Crippen molar-refractivity contribution in [2.45, 2.75) is 58.3 Å². The normalized spacial score (nSPS) is 16.4. The minimum atomic E-state index is -0.214. The average Bonchev–Trinajstić information content (AvgIpc) is 3.24. The minimum Gasteiger partial charge on any atom is -0.466 e. The molecule has 1 aliphatic heterocycles. The Bertz CT molecular complexity index is 806. The highest BCUT2D eigenvalue weighted by atomic mass is 16.5. The van der Waals surface area contributed by atoms with Crippen LogP contribution in [0.4, 0.5) is 0 Å². The molecule has 2 heterocycles. The molecule has 0 bridgehead atoms. The van der Waals surface area contributed by atoms with E-state index in [0.29, 0.717) is 44.3 Å². The first kappa shape index (κ1) is 22.0. The lowest BCUT2D eigenvalue weighted by atomic mass is 9.98. The van der Waals surface area contributed by atoms with E-state index in [2.05, 4.69) is 34.5 Å². The maximum Gasteiger partial charge on any atom is 0.310 e. The molecule has 1 atom stereocenters. The van der Waals surface area contributed by atoms with E-state index in [1.165, 1.54) is 5.56 Å². The molecule has 30 heavy (non-hydrogen) atoms. The molecule has 0 unspecified atom stereocenters. The number of carbonyl (C=O) groups excluding carboxylic acids is 2. The van der Waals surface area contributed by atoms with E-state index in [9.17, 15) is 9.59 Å². The molecule has 1 aromatic carbocycles. The molecule has 1 saturated heterocycles. The molecule has 0 saturated carbocycles. The van der Waals surface area contributed by atoms with Crippen LogP contribution in [-0.4, -0.2) is 46.7 Å². The van der Waals surface area contributed by atoms with Gasteiger partial charge in [0, 0.05) is 32.4 Å². The Labute approximate surface area is 177 Å². The zero-order valence-corrected chi connectivity index (χ0v) is 17.7. The maximum absolute atomic E-state index is 12.5. The highest BCUT2D eigenvalue weighted by Gasteiger charge is 2.29. The second-order valence-electron chi connectivity index (χ2n) is 7.71. The van der Waals surface area contributed by atoms with Crippen molar-refractivity contribution in [3.8, 4) is 0 Å². The van der Waals surface area contributed by atoms with Crippen molar-refractivity contribution >= 4 is 11.9 Å². The Kier molecular flexibility index (Phi) is 8.41. The van der Waals surface area contributed by atoms with Crippen LogP contribution in [0.5, 0.6) is 0 Å². The molecule has 2 aromatic rings. The van der Waals surface area contributed by atoms with E-state index < -0.39 is 0 Å². The van der Waals surface area contributed by atoms with Gasteiger partial charge >= 0.3 is 5.97 Å². The number of hydrogen-bond donors (Lipinski definition) is 0. The minimum absolute atomic E-state index is 0.0200. The third-order valence-electron chi connectivity index (χ3n) is 5.40. The van der Waals surface area contributed by atoms with Crippen LogP contribution in [0.1, 0.15) is 56.4 Å². The fraction of sp³-hybridized carbons (Fsp3) is 0.565. The Morgan fingerprint density at radius 1 is 1.10 bits per heavy atom. The lowest BCUT2D eigenvalue weighted by Crippen LogP contribution is -2.42. The molecule has 1 amide bonds. The molecule has 0 radical (unpaired) electrons. The quantitative estimate of drug-likeness (QED) is 0.438. The van der Waals surface area contributed by atoms with Crippen molar-refractivity contribution in [3.63, 3.8) is 0 Å². The number of likely N-dealkylation sites (tertiary alicyclic amines) is 1. The van der Waals surface area contributed by atoms with E-state index in [4.69, 9.17) is 9.15 Å². The Hall–Kier alpha value is -2.70. The average molecular weight is 414 g/mol. The number of carbonyl (C=O) groups is 2. The largest absolute Gasteiger partial charge is 0.466 e. The number of ether oxygens (including phenoxy) is 1. The predicted octanol–water partition coefficient (Wildman–Crippen LogP) is 3.37. The Balaban J connectivity index is 1.37. The smallest absolute Gasteiger partial charge is 0.310 e. The number of hydrogen-bond acceptors (Lipinski definition) is 6. The number of amides is 1. The molecule has 0 spiro atoms. The van der Waals surface area contributed by atoms with Gasteiger partial charge in [0.25, 0.3) is 0 Å². The van der Waals surface area contributed by atoms with Crippen LogP contribution in [0.25, 0.3) is 0 Å². The van der Waals surface area contributed by atoms with Gasteiger partial charge in [-0.3, -0.25) is 9.59 Å². The second-order valence-corrected chi connectivity index (χ2v) is 7.71. The van der Waals surface area contributed by atoms with Crippen molar-refractivity contribution in [3.05, 3.63) is 47.7 Å². The number of aryl methyl sites for hydroxylation is 3. The van der Waals surface area contributed by atoms with Crippen molar-refractivity contribution in [2.24, 2.45) is 5.92 Å². The number of esters is 1. The van der Waals surface area contributed by atoms with E-state index in [-0.39, 0.29) is 17.8 Å². The van der Waals surface area contributed by atoms with Gasteiger partial charge in [-0.1, -0.05) is 30.3 Å². The summed E-state index contributed by atoms with van der Waals surface area (Å²) >= 11 is 0. The van der Waals surface area contributed by atoms with Crippen molar-refractivity contribution in [1.29, 1.82) is 0 Å². The van der Waals surface area contributed by atoms with Gasteiger partial charge < -0.3 is 14.1 Å². The van der Waals surface area contributed by atoms with Crippen LogP contribution in [0.2, 0.25) is 0 Å². The lowest BCUT2D eigenvalue weighted by molar-refractivity contribution is -0.151. The van der Waals surface area contributed by atoms with E-state index in [1.807, 2.05) is 6.07 Å². The molecule has 0 N–H and O–H groups in total. The van der Waals surface area contributed by atoms with Crippen LogP contribution in [0, 0.1) is 5.92 Å². The predicted molar refractivity (Wildman–Crippen MR) is 112 cm³/mol. The Morgan fingerprint density at radius 3 is 2.60 bits per heavy atom. The summed E-state index contributed by atoms with van der Waals surface area (Å²) in [5.74, 6) is 0.732. The van der Waals surface area contributed by atoms with Gasteiger partial charge in [0.05, 0.1) is 12.5 Å². The zero-order valence-electron chi connectivity index (χ0n) is 17.7. The first-order chi connectivity index (χ1) is 14.7. The van der Waals surface area contributed by atoms with E-state index >= 15 is 0 Å². The summed E-state index contributed by atoms with van der Waals surface area (Å²) in [4.78, 5) is 26.2. The number of rotatable bonds is 10. The summed E-state index contributed by atoms with van der Waals surface area (Å²) in [6, 6.07) is 10.4. The van der Waals surface area contributed by atoms with E-state index in [0.717, 1.165) is 38.5 Å². The third kappa shape index (κ3) is 6.68. The van der Waals surface area contributed by atoms with Crippen molar-refractivity contribution < 1.29 is 18.7 Å². The van der Waals surface area contributed by atoms with Gasteiger partial charge in [-0.2, -0.15) is 0 Å². The number of aromatic nitrogens is 2.